The maximum atomic E-state index is 2.38. The third-order valence-corrected chi connectivity index (χ3v) is 12.2. The summed E-state index contributed by atoms with van der Waals surface area (Å²) in [6.07, 6.45) is 4.60. The van der Waals surface area contributed by atoms with E-state index in [0.717, 1.165) is 56.0 Å². The molecule has 66 heavy (non-hydrogen) atoms. The number of anilines is 6. The van der Waals surface area contributed by atoms with Gasteiger partial charge in [0.25, 0.3) is 0 Å². The van der Waals surface area contributed by atoms with Crippen LogP contribution in [0.2, 0.25) is 0 Å². The van der Waals surface area contributed by atoms with Crippen molar-refractivity contribution in [1.29, 1.82) is 0 Å². The molecule has 0 spiro atoms. The quantitative estimate of drug-likeness (QED) is 0.113. The van der Waals surface area contributed by atoms with E-state index in [1.807, 2.05) is 0 Å². The molecule has 10 aromatic carbocycles. The van der Waals surface area contributed by atoms with E-state index in [1.54, 1.807) is 0 Å². The lowest BCUT2D eigenvalue weighted by Crippen LogP contribution is -2.13. The molecule has 2 heteroatoms. The predicted molar refractivity (Wildman–Crippen MR) is 283 cm³/mol. The summed E-state index contributed by atoms with van der Waals surface area (Å²) in [5.74, 6) is 0. The molecule has 10 rings (SSSR count). The van der Waals surface area contributed by atoms with E-state index >= 15 is 0 Å². The van der Waals surface area contributed by atoms with Gasteiger partial charge >= 0.3 is 0 Å². The molecular formula is C64H50N2. The molecule has 316 valence electrons. The van der Waals surface area contributed by atoms with Crippen molar-refractivity contribution in [1.82, 2.24) is 0 Å². The number of aryl methyl sites for hydroxylation is 2. The largest absolute Gasteiger partial charge is 0.310 e. The second kappa shape index (κ2) is 19.1. The lowest BCUT2D eigenvalue weighted by atomic mass is 9.95. The number of nitrogens with zero attached hydrogens (tertiary/aromatic N) is 2. The van der Waals surface area contributed by atoms with Crippen molar-refractivity contribution in [2.45, 2.75) is 13.8 Å². The van der Waals surface area contributed by atoms with Gasteiger partial charge in [-0.2, -0.15) is 0 Å². The monoisotopic (exact) mass is 846 g/mol. The first-order valence-corrected chi connectivity index (χ1v) is 22.7. The smallest absolute Gasteiger partial charge is 0.0541 e. The highest BCUT2D eigenvalue weighted by atomic mass is 15.2. The van der Waals surface area contributed by atoms with Gasteiger partial charge in [0, 0.05) is 33.5 Å². The number of fused-ring (bicyclic) bond motifs is 1. The van der Waals surface area contributed by atoms with Crippen molar-refractivity contribution in [2.24, 2.45) is 0 Å². The van der Waals surface area contributed by atoms with Crippen molar-refractivity contribution in [3.8, 4) is 0 Å². The Morgan fingerprint density at radius 1 is 0.273 bits per heavy atom. The minimum Gasteiger partial charge on any atom is -0.310 e. The number of hydrogen-bond donors (Lipinski definition) is 0. The summed E-state index contributed by atoms with van der Waals surface area (Å²) in [6, 6.07) is 91.6. The molecule has 0 unspecified atom stereocenters. The van der Waals surface area contributed by atoms with Crippen molar-refractivity contribution in [2.75, 3.05) is 9.80 Å². The standard InChI is InChI=1S/C64H50N2/c1-47-27-35-53(36-28-47)61(51-17-7-3-8-18-51)45-49-31-39-57(40-32-49)65(55-21-11-5-12-22-55)63-43-44-64(60-26-16-15-25-59(60)63)66(56-23-13-6-14-24-56)58-41-33-50(34-42-58)46-62(52-19-9-4-10-20-52)54-37-29-48(2)30-38-54/h3-46H,1-2H3. The van der Waals surface area contributed by atoms with Gasteiger partial charge in [0.2, 0.25) is 0 Å². The molecule has 0 radical (unpaired) electrons. The zero-order valence-electron chi connectivity index (χ0n) is 37.3. The molecule has 10 aromatic rings. The predicted octanol–water partition coefficient (Wildman–Crippen LogP) is 17.6. The molecule has 0 aliphatic heterocycles. The number of benzene rings is 10. The lowest BCUT2D eigenvalue weighted by Gasteiger charge is -2.30. The maximum absolute atomic E-state index is 2.38. The molecule has 0 atom stereocenters. The molecule has 0 fully saturated rings. The topological polar surface area (TPSA) is 6.48 Å². The van der Waals surface area contributed by atoms with Gasteiger partial charge in [0.05, 0.1) is 11.4 Å². The number of rotatable bonds is 12. The fourth-order valence-electron chi connectivity index (χ4n) is 8.81. The van der Waals surface area contributed by atoms with Gasteiger partial charge in [-0.1, -0.05) is 205 Å². The molecule has 0 aliphatic rings. The van der Waals surface area contributed by atoms with Gasteiger partial charge in [0.15, 0.2) is 0 Å². The van der Waals surface area contributed by atoms with E-state index in [-0.39, 0.29) is 0 Å². The van der Waals surface area contributed by atoms with Crippen LogP contribution in [0.3, 0.4) is 0 Å². The molecule has 0 amide bonds. The van der Waals surface area contributed by atoms with Crippen LogP contribution >= 0.6 is 0 Å². The van der Waals surface area contributed by atoms with Crippen LogP contribution in [0.1, 0.15) is 44.5 Å². The molecule has 0 aromatic heterocycles. The molecule has 0 heterocycles. The second-order valence-electron chi connectivity index (χ2n) is 16.8. The number of para-hydroxylation sites is 2. The summed E-state index contributed by atoms with van der Waals surface area (Å²) in [6.45, 7) is 4.27. The third kappa shape index (κ3) is 8.99. The molecule has 0 aliphatic carbocycles. The SMILES string of the molecule is Cc1ccc(C(=Cc2ccc(N(c3ccccc3)c3ccc(N(c4ccccc4)c4ccc(C=C(c5ccccc5)c5ccc(C)cc5)cc4)c4ccccc34)cc2)c2ccccc2)cc1. The Bertz CT molecular complexity index is 3020. The first-order valence-electron chi connectivity index (χ1n) is 22.7. The van der Waals surface area contributed by atoms with E-state index in [2.05, 4.69) is 291 Å². The highest BCUT2D eigenvalue weighted by molar-refractivity contribution is 6.07. The zero-order chi connectivity index (χ0) is 44.7. The van der Waals surface area contributed by atoms with Crippen molar-refractivity contribution in [3.05, 3.63) is 299 Å². The van der Waals surface area contributed by atoms with Crippen molar-refractivity contribution < 1.29 is 0 Å². The van der Waals surface area contributed by atoms with Crippen LogP contribution in [0.15, 0.2) is 255 Å². The summed E-state index contributed by atoms with van der Waals surface area (Å²) in [4.78, 5) is 4.76. The van der Waals surface area contributed by atoms with E-state index in [1.165, 1.54) is 44.5 Å². The summed E-state index contributed by atoms with van der Waals surface area (Å²) < 4.78 is 0. The fourth-order valence-corrected chi connectivity index (χ4v) is 8.81. The average molecular weight is 847 g/mol. The van der Waals surface area contributed by atoms with Crippen LogP contribution in [-0.4, -0.2) is 0 Å². The molecule has 0 saturated heterocycles. The average Bonchev–Trinajstić information content (AvgIpc) is 3.38. The summed E-state index contributed by atoms with van der Waals surface area (Å²) in [5.41, 5.74) is 18.5. The van der Waals surface area contributed by atoms with Crippen molar-refractivity contribution >= 4 is 68.2 Å². The van der Waals surface area contributed by atoms with E-state index in [4.69, 9.17) is 0 Å². The Morgan fingerprint density at radius 3 is 0.909 bits per heavy atom. The van der Waals surface area contributed by atoms with Crippen LogP contribution in [0.4, 0.5) is 34.1 Å². The Hall–Kier alpha value is -8.46. The first-order chi connectivity index (χ1) is 32.6. The third-order valence-electron chi connectivity index (χ3n) is 12.2. The highest BCUT2D eigenvalue weighted by Gasteiger charge is 2.21. The first kappa shape index (κ1) is 41.5. The van der Waals surface area contributed by atoms with Gasteiger partial charge < -0.3 is 9.80 Å². The Balaban J connectivity index is 1.05. The van der Waals surface area contributed by atoms with Gasteiger partial charge in [-0.3, -0.25) is 0 Å². The highest BCUT2D eigenvalue weighted by Crippen LogP contribution is 2.45. The summed E-state index contributed by atoms with van der Waals surface area (Å²) in [5, 5.41) is 2.30. The Morgan fingerprint density at radius 2 is 0.561 bits per heavy atom. The van der Waals surface area contributed by atoms with Crippen LogP contribution < -0.4 is 9.80 Å². The van der Waals surface area contributed by atoms with E-state index in [0.29, 0.717) is 0 Å². The van der Waals surface area contributed by atoms with E-state index in [9.17, 15) is 0 Å². The van der Waals surface area contributed by atoms with Gasteiger partial charge in [0.1, 0.15) is 0 Å². The van der Waals surface area contributed by atoms with Gasteiger partial charge in [-0.15, -0.1) is 0 Å². The molecule has 0 N–H and O–H groups in total. The van der Waals surface area contributed by atoms with Crippen LogP contribution in [0, 0.1) is 13.8 Å². The molecule has 0 saturated carbocycles. The van der Waals surface area contributed by atoms with Crippen LogP contribution in [0.25, 0.3) is 34.1 Å². The number of hydrogen-bond acceptors (Lipinski definition) is 2. The van der Waals surface area contributed by atoms with Gasteiger partial charge in [-0.25, -0.2) is 0 Å². The lowest BCUT2D eigenvalue weighted by molar-refractivity contribution is 1.27. The molecule has 2 nitrogen and oxygen atoms in total. The van der Waals surface area contributed by atoms with E-state index < -0.39 is 0 Å². The minimum absolute atomic E-state index is 1.08. The zero-order valence-corrected chi connectivity index (χ0v) is 37.3. The Labute approximate surface area is 389 Å². The van der Waals surface area contributed by atoms with Gasteiger partial charge in [-0.05, 0) is 131 Å². The molecular weight excluding hydrogens is 797 g/mol. The molecule has 0 bridgehead atoms. The summed E-state index contributed by atoms with van der Waals surface area (Å²) in [7, 11) is 0. The van der Waals surface area contributed by atoms with Crippen molar-refractivity contribution in [3.63, 3.8) is 0 Å². The summed E-state index contributed by atoms with van der Waals surface area (Å²) >= 11 is 0. The van der Waals surface area contributed by atoms with Crippen LogP contribution in [-0.2, 0) is 0 Å². The normalized spacial score (nSPS) is 11.7. The fraction of sp³-hybridized carbons (Fsp3) is 0.0312. The minimum atomic E-state index is 1.08. The second-order valence-corrected chi connectivity index (χ2v) is 16.8. The maximum Gasteiger partial charge on any atom is 0.0541 e. The Kier molecular flexibility index (Phi) is 12.0. The van der Waals surface area contributed by atoms with Crippen LogP contribution in [0.5, 0.6) is 0 Å².